The predicted octanol–water partition coefficient (Wildman–Crippen LogP) is 2.54. The quantitative estimate of drug-likeness (QED) is 0.802. The topological polar surface area (TPSA) is 46.3 Å². The third-order valence-corrected chi connectivity index (χ3v) is 3.73. The maximum Gasteiger partial charge on any atom is 0.223 e. The van der Waals surface area contributed by atoms with E-state index in [1.807, 2.05) is 4.90 Å². The first kappa shape index (κ1) is 14.5. The molecule has 0 unspecified atom stereocenters. The first-order valence-corrected chi connectivity index (χ1v) is 6.98. The number of carbonyl (C=O) groups is 1. The maximum absolute atomic E-state index is 12.2. The van der Waals surface area contributed by atoms with E-state index >= 15 is 0 Å². The fourth-order valence-corrected chi connectivity index (χ4v) is 2.41. The Labute approximate surface area is 106 Å². The number of piperidine rings is 1. The molecule has 2 N–H and O–H groups in total. The SMILES string of the molecule is CCCCC(C)(C)CC(=O)N1CCC(N)CC1. The van der Waals surface area contributed by atoms with Gasteiger partial charge in [0.05, 0.1) is 0 Å². The highest BCUT2D eigenvalue weighted by molar-refractivity contribution is 5.76. The molecule has 0 bridgehead atoms. The van der Waals surface area contributed by atoms with Crippen molar-refractivity contribution in [3.05, 3.63) is 0 Å². The van der Waals surface area contributed by atoms with Crippen LogP contribution in [0.2, 0.25) is 0 Å². The molecule has 1 fully saturated rings. The van der Waals surface area contributed by atoms with Gasteiger partial charge in [-0.2, -0.15) is 0 Å². The molecule has 17 heavy (non-hydrogen) atoms. The van der Waals surface area contributed by atoms with Crippen molar-refractivity contribution in [2.75, 3.05) is 13.1 Å². The van der Waals surface area contributed by atoms with E-state index in [0.29, 0.717) is 18.4 Å². The van der Waals surface area contributed by atoms with Gasteiger partial charge in [0.15, 0.2) is 0 Å². The Morgan fingerprint density at radius 3 is 2.47 bits per heavy atom. The van der Waals surface area contributed by atoms with Crippen LogP contribution in [0.4, 0.5) is 0 Å². The van der Waals surface area contributed by atoms with E-state index in [0.717, 1.165) is 32.4 Å². The highest BCUT2D eigenvalue weighted by Gasteiger charge is 2.26. The van der Waals surface area contributed by atoms with E-state index in [4.69, 9.17) is 5.73 Å². The van der Waals surface area contributed by atoms with Crippen molar-refractivity contribution in [3.63, 3.8) is 0 Å². The van der Waals surface area contributed by atoms with Gasteiger partial charge in [-0.1, -0.05) is 33.6 Å². The van der Waals surface area contributed by atoms with Gasteiger partial charge >= 0.3 is 0 Å². The first-order chi connectivity index (χ1) is 7.94. The van der Waals surface area contributed by atoms with Crippen molar-refractivity contribution in [1.82, 2.24) is 4.90 Å². The molecule has 0 radical (unpaired) electrons. The molecule has 1 aliphatic rings. The molecule has 3 nitrogen and oxygen atoms in total. The lowest BCUT2D eigenvalue weighted by molar-refractivity contribution is -0.134. The number of hydrogen-bond acceptors (Lipinski definition) is 2. The van der Waals surface area contributed by atoms with E-state index in [9.17, 15) is 4.79 Å². The Kier molecular flexibility index (Phi) is 5.44. The smallest absolute Gasteiger partial charge is 0.223 e. The van der Waals surface area contributed by atoms with Crippen LogP contribution in [-0.4, -0.2) is 29.9 Å². The van der Waals surface area contributed by atoms with Gasteiger partial charge < -0.3 is 10.6 Å². The summed E-state index contributed by atoms with van der Waals surface area (Å²) in [6.07, 6.45) is 6.16. The molecule has 0 aliphatic carbocycles. The van der Waals surface area contributed by atoms with E-state index in [1.165, 1.54) is 12.8 Å². The number of likely N-dealkylation sites (tertiary alicyclic amines) is 1. The monoisotopic (exact) mass is 240 g/mol. The number of amides is 1. The number of unbranched alkanes of at least 4 members (excludes halogenated alkanes) is 1. The van der Waals surface area contributed by atoms with Gasteiger partial charge in [-0.05, 0) is 24.7 Å². The van der Waals surface area contributed by atoms with Gasteiger partial charge in [-0.3, -0.25) is 4.79 Å². The summed E-state index contributed by atoms with van der Waals surface area (Å²) in [6, 6.07) is 0.298. The van der Waals surface area contributed by atoms with Gasteiger partial charge in [0.25, 0.3) is 0 Å². The zero-order valence-electron chi connectivity index (χ0n) is 11.7. The summed E-state index contributed by atoms with van der Waals surface area (Å²) in [5.41, 5.74) is 6.00. The van der Waals surface area contributed by atoms with Crippen LogP contribution in [0.5, 0.6) is 0 Å². The molecular formula is C14H28N2O. The standard InChI is InChI=1S/C14H28N2O/c1-4-5-8-14(2,3)11-13(17)16-9-6-12(15)7-10-16/h12H,4-11,15H2,1-3H3. The lowest BCUT2D eigenvalue weighted by Gasteiger charge is -2.33. The Balaban J connectivity index is 2.37. The molecule has 1 saturated heterocycles. The number of rotatable bonds is 5. The minimum Gasteiger partial charge on any atom is -0.343 e. The van der Waals surface area contributed by atoms with Crippen LogP contribution in [0, 0.1) is 5.41 Å². The summed E-state index contributed by atoms with van der Waals surface area (Å²) < 4.78 is 0. The second kappa shape index (κ2) is 6.39. The van der Waals surface area contributed by atoms with Crippen LogP contribution in [0.3, 0.4) is 0 Å². The van der Waals surface area contributed by atoms with Crippen LogP contribution >= 0.6 is 0 Å². The molecule has 0 atom stereocenters. The van der Waals surface area contributed by atoms with Crippen molar-refractivity contribution >= 4 is 5.91 Å². The van der Waals surface area contributed by atoms with Crippen LogP contribution in [-0.2, 0) is 4.79 Å². The molecule has 1 amide bonds. The van der Waals surface area contributed by atoms with Crippen molar-refractivity contribution in [3.8, 4) is 0 Å². The lowest BCUT2D eigenvalue weighted by atomic mass is 9.83. The summed E-state index contributed by atoms with van der Waals surface area (Å²) in [5, 5.41) is 0. The molecule has 0 saturated carbocycles. The zero-order chi connectivity index (χ0) is 12.9. The Morgan fingerprint density at radius 2 is 1.94 bits per heavy atom. The van der Waals surface area contributed by atoms with Crippen LogP contribution < -0.4 is 5.73 Å². The van der Waals surface area contributed by atoms with Gasteiger partial charge in [0.1, 0.15) is 0 Å². The molecule has 0 aromatic rings. The third kappa shape index (κ3) is 5.07. The molecule has 1 rings (SSSR count). The highest BCUT2D eigenvalue weighted by atomic mass is 16.2. The number of hydrogen-bond donors (Lipinski definition) is 1. The minimum absolute atomic E-state index is 0.145. The van der Waals surface area contributed by atoms with E-state index < -0.39 is 0 Å². The van der Waals surface area contributed by atoms with Crippen LogP contribution in [0.15, 0.2) is 0 Å². The Hall–Kier alpha value is -0.570. The second-order valence-electron chi connectivity index (χ2n) is 6.16. The average molecular weight is 240 g/mol. The fraction of sp³-hybridized carbons (Fsp3) is 0.929. The number of nitrogens with zero attached hydrogens (tertiary/aromatic N) is 1. The van der Waals surface area contributed by atoms with Crippen LogP contribution in [0.25, 0.3) is 0 Å². The van der Waals surface area contributed by atoms with Crippen LogP contribution in [0.1, 0.15) is 59.3 Å². The number of nitrogens with two attached hydrogens (primary N) is 1. The zero-order valence-corrected chi connectivity index (χ0v) is 11.7. The van der Waals surface area contributed by atoms with Crippen molar-refractivity contribution in [2.24, 2.45) is 11.1 Å². The minimum atomic E-state index is 0.145. The van der Waals surface area contributed by atoms with Gasteiger partial charge in [0.2, 0.25) is 5.91 Å². The van der Waals surface area contributed by atoms with Gasteiger partial charge in [-0.25, -0.2) is 0 Å². The fourth-order valence-electron chi connectivity index (χ4n) is 2.41. The molecule has 3 heteroatoms. The Morgan fingerprint density at radius 1 is 1.35 bits per heavy atom. The molecular weight excluding hydrogens is 212 g/mol. The summed E-state index contributed by atoms with van der Waals surface area (Å²) in [4.78, 5) is 14.2. The number of carbonyl (C=O) groups excluding carboxylic acids is 1. The lowest BCUT2D eigenvalue weighted by Crippen LogP contribution is -2.43. The molecule has 1 heterocycles. The Bertz CT molecular complexity index is 243. The molecule has 100 valence electrons. The highest BCUT2D eigenvalue weighted by Crippen LogP contribution is 2.28. The molecule has 1 aliphatic heterocycles. The van der Waals surface area contributed by atoms with E-state index in [1.54, 1.807) is 0 Å². The van der Waals surface area contributed by atoms with E-state index in [2.05, 4.69) is 20.8 Å². The molecule has 0 aromatic carbocycles. The first-order valence-electron chi connectivity index (χ1n) is 6.98. The van der Waals surface area contributed by atoms with Crippen molar-refractivity contribution in [2.45, 2.75) is 65.3 Å². The van der Waals surface area contributed by atoms with Crippen molar-refractivity contribution < 1.29 is 4.79 Å². The normalized spacial score (nSPS) is 18.5. The van der Waals surface area contributed by atoms with Gasteiger partial charge in [0, 0.05) is 25.6 Å². The second-order valence-corrected chi connectivity index (χ2v) is 6.16. The summed E-state index contributed by atoms with van der Waals surface area (Å²) in [7, 11) is 0. The van der Waals surface area contributed by atoms with Crippen molar-refractivity contribution in [1.29, 1.82) is 0 Å². The van der Waals surface area contributed by atoms with E-state index in [-0.39, 0.29) is 5.41 Å². The largest absolute Gasteiger partial charge is 0.343 e. The summed E-state index contributed by atoms with van der Waals surface area (Å²) in [5.74, 6) is 0.318. The van der Waals surface area contributed by atoms with Gasteiger partial charge in [-0.15, -0.1) is 0 Å². The molecule has 0 spiro atoms. The summed E-state index contributed by atoms with van der Waals surface area (Å²) >= 11 is 0. The predicted molar refractivity (Wildman–Crippen MR) is 71.7 cm³/mol. The molecule has 0 aromatic heterocycles. The maximum atomic E-state index is 12.2. The average Bonchev–Trinajstić information content (AvgIpc) is 2.26. The summed E-state index contributed by atoms with van der Waals surface area (Å²) in [6.45, 7) is 8.31. The third-order valence-electron chi connectivity index (χ3n) is 3.73.